The number of methoxy groups -OCH3 is 1. The highest BCUT2D eigenvalue weighted by atomic mass is 35.5. The molecule has 3 N–H and O–H groups in total. The van der Waals surface area contributed by atoms with E-state index in [0.29, 0.717) is 5.82 Å². The molecule has 0 aliphatic carbocycles. The number of carboxylic acid groups (broad SMARTS) is 1. The summed E-state index contributed by atoms with van der Waals surface area (Å²) in [5.74, 6) is 0.322. The Morgan fingerprint density at radius 3 is 2.67 bits per heavy atom. The Hall–Kier alpha value is -2.54. The molecule has 21 heavy (non-hydrogen) atoms. The van der Waals surface area contributed by atoms with E-state index >= 15 is 0 Å². The SMILES string of the molecule is COc1ccc(Nc2cc(Cl)nc(NCC(=O)O)n2)cc1. The predicted octanol–water partition coefficient (Wildman–Crippen LogP) is 2.38. The van der Waals surface area contributed by atoms with E-state index in [4.69, 9.17) is 21.4 Å². The molecule has 1 aromatic carbocycles. The van der Waals surface area contributed by atoms with E-state index in [2.05, 4.69) is 20.6 Å². The van der Waals surface area contributed by atoms with Crippen LogP contribution in [0.4, 0.5) is 17.5 Å². The minimum atomic E-state index is -1.01. The number of aromatic nitrogens is 2. The fourth-order valence-electron chi connectivity index (χ4n) is 1.54. The van der Waals surface area contributed by atoms with Crippen molar-refractivity contribution in [2.75, 3.05) is 24.3 Å². The van der Waals surface area contributed by atoms with Crippen molar-refractivity contribution in [1.29, 1.82) is 0 Å². The first-order chi connectivity index (χ1) is 10.1. The Morgan fingerprint density at radius 2 is 2.05 bits per heavy atom. The van der Waals surface area contributed by atoms with Gasteiger partial charge in [-0.2, -0.15) is 4.98 Å². The molecule has 0 atom stereocenters. The molecule has 7 nitrogen and oxygen atoms in total. The van der Waals surface area contributed by atoms with Crippen LogP contribution in [0.1, 0.15) is 0 Å². The van der Waals surface area contributed by atoms with Gasteiger partial charge in [-0.25, -0.2) is 4.98 Å². The van der Waals surface area contributed by atoms with Gasteiger partial charge in [0.1, 0.15) is 23.3 Å². The molecule has 110 valence electrons. The smallest absolute Gasteiger partial charge is 0.322 e. The summed E-state index contributed by atoms with van der Waals surface area (Å²) >= 11 is 5.88. The van der Waals surface area contributed by atoms with E-state index in [1.807, 2.05) is 12.1 Å². The van der Waals surface area contributed by atoms with Gasteiger partial charge in [0, 0.05) is 11.8 Å². The maximum Gasteiger partial charge on any atom is 0.322 e. The Balaban J connectivity index is 2.12. The lowest BCUT2D eigenvalue weighted by molar-refractivity contribution is -0.134. The van der Waals surface area contributed by atoms with Crippen molar-refractivity contribution in [1.82, 2.24) is 9.97 Å². The number of carbonyl (C=O) groups is 1. The molecule has 1 aromatic heterocycles. The van der Waals surface area contributed by atoms with Crippen molar-refractivity contribution in [3.63, 3.8) is 0 Å². The maximum atomic E-state index is 10.5. The summed E-state index contributed by atoms with van der Waals surface area (Å²) < 4.78 is 5.07. The van der Waals surface area contributed by atoms with Gasteiger partial charge in [0.15, 0.2) is 0 Å². The van der Waals surface area contributed by atoms with E-state index in [1.165, 1.54) is 6.07 Å². The van der Waals surface area contributed by atoms with E-state index in [9.17, 15) is 4.79 Å². The van der Waals surface area contributed by atoms with Crippen LogP contribution in [0.2, 0.25) is 5.15 Å². The van der Waals surface area contributed by atoms with E-state index in [1.54, 1.807) is 19.2 Å². The molecule has 0 fully saturated rings. The molecule has 0 spiro atoms. The standard InChI is InChI=1S/C13H13ClN4O3/c1-21-9-4-2-8(3-5-9)16-11-6-10(14)17-13(18-11)15-7-12(19)20/h2-6H,7H2,1H3,(H,19,20)(H2,15,16,17,18). The van der Waals surface area contributed by atoms with Crippen LogP contribution in [0, 0.1) is 0 Å². The molecule has 1 heterocycles. The second-order valence-electron chi connectivity index (χ2n) is 4.00. The van der Waals surface area contributed by atoms with Crippen molar-refractivity contribution in [2.24, 2.45) is 0 Å². The van der Waals surface area contributed by atoms with Gasteiger partial charge in [0.05, 0.1) is 7.11 Å². The van der Waals surface area contributed by atoms with Crippen molar-refractivity contribution < 1.29 is 14.6 Å². The first kappa shape index (κ1) is 14.9. The molecule has 0 saturated carbocycles. The number of nitrogens with one attached hydrogen (secondary N) is 2. The molecule has 0 unspecified atom stereocenters. The third-order valence-corrected chi connectivity index (χ3v) is 2.65. The number of ether oxygens (including phenoxy) is 1. The molecule has 2 rings (SSSR count). The van der Waals surface area contributed by atoms with Gasteiger partial charge in [0.2, 0.25) is 5.95 Å². The third-order valence-electron chi connectivity index (χ3n) is 2.46. The summed E-state index contributed by atoms with van der Waals surface area (Å²) in [5.41, 5.74) is 0.787. The number of halogens is 1. The second-order valence-corrected chi connectivity index (χ2v) is 4.39. The number of hydrogen-bond acceptors (Lipinski definition) is 6. The normalized spacial score (nSPS) is 10.0. The number of nitrogens with zero attached hydrogens (tertiary/aromatic N) is 2. The summed E-state index contributed by atoms with van der Waals surface area (Å²) in [4.78, 5) is 18.5. The average molecular weight is 309 g/mol. The van der Waals surface area contributed by atoms with Crippen LogP contribution in [0.3, 0.4) is 0 Å². The van der Waals surface area contributed by atoms with Crippen LogP contribution >= 0.6 is 11.6 Å². The first-order valence-electron chi connectivity index (χ1n) is 5.98. The number of aliphatic carboxylic acids is 1. The van der Waals surface area contributed by atoms with E-state index < -0.39 is 5.97 Å². The highest BCUT2D eigenvalue weighted by molar-refractivity contribution is 6.29. The van der Waals surface area contributed by atoms with Crippen LogP contribution < -0.4 is 15.4 Å². The molecule has 0 bridgehead atoms. The minimum absolute atomic E-state index is 0.140. The second kappa shape index (κ2) is 6.76. The fraction of sp³-hybridized carbons (Fsp3) is 0.154. The highest BCUT2D eigenvalue weighted by Crippen LogP contribution is 2.21. The molecule has 2 aromatic rings. The lowest BCUT2D eigenvalue weighted by Gasteiger charge is -2.09. The number of anilines is 3. The van der Waals surface area contributed by atoms with Crippen molar-refractivity contribution in [2.45, 2.75) is 0 Å². The molecule has 0 aliphatic rings. The van der Waals surface area contributed by atoms with Gasteiger partial charge in [-0.05, 0) is 24.3 Å². The Bertz CT molecular complexity index is 634. The summed E-state index contributed by atoms with van der Waals surface area (Å²) in [6.07, 6.45) is 0. The summed E-state index contributed by atoms with van der Waals surface area (Å²) in [5, 5.41) is 14.4. The van der Waals surface area contributed by atoms with Gasteiger partial charge < -0.3 is 20.5 Å². The van der Waals surface area contributed by atoms with Gasteiger partial charge >= 0.3 is 5.97 Å². The van der Waals surface area contributed by atoms with Gasteiger partial charge in [-0.3, -0.25) is 4.79 Å². The molecule has 8 heteroatoms. The molecule has 0 amide bonds. The zero-order valence-corrected chi connectivity index (χ0v) is 11.9. The van der Waals surface area contributed by atoms with Crippen molar-refractivity contribution in [3.05, 3.63) is 35.5 Å². The number of carboxylic acids is 1. The number of hydrogen-bond donors (Lipinski definition) is 3. The maximum absolute atomic E-state index is 10.5. The van der Waals surface area contributed by atoms with Crippen molar-refractivity contribution in [3.8, 4) is 5.75 Å². The Labute approximate surface area is 125 Å². The predicted molar refractivity (Wildman–Crippen MR) is 79.4 cm³/mol. The number of benzene rings is 1. The third kappa shape index (κ3) is 4.50. The molecule has 0 aliphatic heterocycles. The fourth-order valence-corrected chi connectivity index (χ4v) is 1.72. The molecule has 0 radical (unpaired) electrons. The zero-order valence-electron chi connectivity index (χ0n) is 11.1. The minimum Gasteiger partial charge on any atom is -0.497 e. The van der Waals surface area contributed by atoms with Gasteiger partial charge in [-0.1, -0.05) is 11.6 Å². The van der Waals surface area contributed by atoms with Crippen LogP contribution in [0.5, 0.6) is 5.75 Å². The van der Waals surface area contributed by atoms with Crippen LogP contribution in [-0.4, -0.2) is 34.7 Å². The number of rotatable bonds is 6. The summed E-state index contributed by atoms with van der Waals surface area (Å²) in [6, 6.07) is 8.78. The van der Waals surface area contributed by atoms with E-state index in [-0.39, 0.29) is 17.6 Å². The molecule has 0 saturated heterocycles. The molecular formula is C13H13ClN4O3. The quantitative estimate of drug-likeness (QED) is 0.705. The lowest BCUT2D eigenvalue weighted by atomic mass is 10.3. The van der Waals surface area contributed by atoms with E-state index in [0.717, 1.165) is 11.4 Å². The average Bonchev–Trinajstić information content (AvgIpc) is 2.45. The Morgan fingerprint density at radius 1 is 1.33 bits per heavy atom. The van der Waals surface area contributed by atoms with Crippen LogP contribution in [0.25, 0.3) is 0 Å². The van der Waals surface area contributed by atoms with Crippen molar-refractivity contribution >= 4 is 35.0 Å². The molecular weight excluding hydrogens is 296 g/mol. The largest absolute Gasteiger partial charge is 0.497 e. The first-order valence-corrected chi connectivity index (χ1v) is 6.36. The van der Waals surface area contributed by atoms with Gasteiger partial charge in [-0.15, -0.1) is 0 Å². The summed E-state index contributed by atoms with van der Waals surface area (Å²) in [6.45, 7) is -0.289. The Kier molecular flexibility index (Phi) is 4.78. The topological polar surface area (TPSA) is 96.4 Å². The lowest BCUT2D eigenvalue weighted by Crippen LogP contribution is -2.14. The highest BCUT2D eigenvalue weighted by Gasteiger charge is 2.05. The van der Waals surface area contributed by atoms with Crippen LogP contribution in [-0.2, 0) is 4.79 Å². The zero-order chi connectivity index (χ0) is 15.2. The van der Waals surface area contributed by atoms with Crippen LogP contribution in [0.15, 0.2) is 30.3 Å². The van der Waals surface area contributed by atoms with Gasteiger partial charge in [0.25, 0.3) is 0 Å². The monoisotopic (exact) mass is 308 g/mol. The summed E-state index contributed by atoms with van der Waals surface area (Å²) in [7, 11) is 1.59.